The van der Waals surface area contributed by atoms with Crippen molar-refractivity contribution in [3.63, 3.8) is 0 Å². The number of hydrogen-bond donors (Lipinski definition) is 1. The lowest BCUT2D eigenvalue weighted by molar-refractivity contribution is 0.0963. The van der Waals surface area contributed by atoms with E-state index in [-0.39, 0.29) is 5.91 Å². The largest absolute Gasteiger partial charge is 0.355 e. The normalized spacial score (nSPS) is 10.4. The van der Waals surface area contributed by atoms with Crippen molar-refractivity contribution in [2.75, 3.05) is 7.05 Å². The van der Waals surface area contributed by atoms with E-state index in [1.54, 1.807) is 7.05 Å². The van der Waals surface area contributed by atoms with Crippen molar-refractivity contribution >= 4 is 5.91 Å². The SMILES string of the molecule is CCC(CC)c1ccc(C(=O)NC)cc1. The Hall–Kier alpha value is -1.31. The van der Waals surface area contributed by atoms with Crippen LogP contribution in [0.25, 0.3) is 0 Å². The van der Waals surface area contributed by atoms with Gasteiger partial charge in [-0.05, 0) is 36.5 Å². The van der Waals surface area contributed by atoms with E-state index in [2.05, 4.69) is 31.3 Å². The maximum absolute atomic E-state index is 11.3. The lowest BCUT2D eigenvalue weighted by Gasteiger charge is -2.12. The smallest absolute Gasteiger partial charge is 0.251 e. The molecule has 0 aliphatic rings. The van der Waals surface area contributed by atoms with Gasteiger partial charge in [0.1, 0.15) is 0 Å². The van der Waals surface area contributed by atoms with E-state index in [9.17, 15) is 4.79 Å². The Bertz CT molecular complexity index is 312. The van der Waals surface area contributed by atoms with E-state index in [1.807, 2.05) is 12.1 Å². The standard InChI is InChI=1S/C13H19NO/c1-4-10(5-2)11-6-8-12(9-7-11)13(15)14-3/h6-10H,4-5H2,1-3H3,(H,14,15). The van der Waals surface area contributed by atoms with Crippen LogP contribution in [0.4, 0.5) is 0 Å². The van der Waals surface area contributed by atoms with Crippen molar-refractivity contribution in [3.8, 4) is 0 Å². The number of rotatable bonds is 4. The van der Waals surface area contributed by atoms with E-state index in [0.717, 1.165) is 18.4 Å². The Morgan fingerprint density at radius 2 is 1.73 bits per heavy atom. The van der Waals surface area contributed by atoms with Gasteiger partial charge < -0.3 is 5.32 Å². The van der Waals surface area contributed by atoms with Gasteiger partial charge in [-0.2, -0.15) is 0 Å². The minimum absolute atomic E-state index is 0.0221. The fourth-order valence-electron chi connectivity index (χ4n) is 1.81. The molecule has 1 aromatic carbocycles. The fourth-order valence-corrected chi connectivity index (χ4v) is 1.81. The highest BCUT2D eigenvalue weighted by Gasteiger charge is 2.08. The number of hydrogen-bond acceptors (Lipinski definition) is 1. The molecule has 0 radical (unpaired) electrons. The van der Waals surface area contributed by atoms with Gasteiger partial charge in [0.15, 0.2) is 0 Å². The average Bonchev–Trinajstić information content (AvgIpc) is 2.30. The molecule has 1 N–H and O–H groups in total. The quantitative estimate of drug-likeness (QED) is 0.804. The molecule has 1 aromatic rings. The topological polar surface area (TPSA) is 29.1 Å². The zero-order chi connectivity index (χ0) is 11.3. The van der Waals surface area contributed by atoms with Gasteiger partial charge in [-0.15, -0.1) is 0 Å². The molecule has 0 unspecified atom stereocenters. The summed E-state index contributed by atoms with van der Waals surface area (Å²) in [6.07, 6.45) is 2.30. The second kappa shape index (κ2) is 5.54. The summed E-state index contributed by atoms with van der Waals surface area (Å²) in [4.78, 5) is 11.3. The van der Waals surface area contributed by atoms with Gasteiger partial charge in [-0.1, -0.05) is 26.0 Å². The minimum atomic E-state index is -0.0221. The molecule has 15 heavy (non-hydrogen) atoms. The van der Waals surface area contributed by atoms with Crippen LogP contribution in [0, 0.1) is 0 Å². The Balaban J connectivity index is 2.84. The predicted molar refractivity (Wildman–Crippen MR) is 63.2 cm³/mol. The number of nitrogens with one attached hydrogen (secondary N) is 1. The van der Waals surface area contributed by atoms with Crippen LogP contribution in [-0.2, 0) is 0 Å². The summed E-state index contributed by atoms with van der Waals surface area (Å²) >= 11 is 0. The zero-order valence-corrected chi connectivity index (χ0v) is 9.71. The van der Waals surface area contributed by atoms with Gasteiger partial charge in [0.05, 0.1) is 0 Å². The first-order chi connectivity index (χ1) is 7.22. The van der Waals surface area contributed by atoms with Gasteiger partial charge in [0.25, 0.3) is 5.91 Å². The van der Waals surface area contributed by atoms with Crippen LogP contribution in [-0.4, -0.2) is 13.0 Å². The minimum Gasteiger partial charge on any atom is -0.355 e. The van der Waals surface area contributed by atoms with E-state index in [4.69, 9.17) is 0 Å². The maximum Gasteiger partial charge on any atom is 0.251 e. The number of carbonyl (C=O) groups is 1. The first-order valence-corrected chi connectivity index (χ1v) is 5.54. The summed E-state index contributed by atoms with van der Waals surface area (Å²) in [6, 6.07) is 7.91. The molecule has 0 bridgehead atoms. The summed E-state index contributed by atoms with van der Waals surface area (Å²) in [6.45, 7) is 4.39. The third-order valence-electron chi connectivity index (χ3n) is 2.86. The summed E-state index contributed by atoms with van der Waals surface area (Å²) in [5, 5.41) is 2.62. The predicted octanol–water partition coefficient (Wildman–Crippen LogP) is 2.95. The molecular formula is C13H19NO. The summed E-state index contributed by atoms with van der Waals surface area (Å²) < 4.78 is 0. The van der Waals surface area contributed by atoms with Gasteiger partial charge in [-0.3, -0.25) is 4.79 Å². The van der Waals surface area contributed by atoms with Crippen LogP contribution in [0.3, 0.4) is 0 Å². The van der Waals surface area contributed by atoms with Crippen LogP contribution < -0.4 is 5.32 Å². The summed E-state index contributed by atoms with van der Waals surface area (Å²) in [7, 11) is 1.65. The molecule has 0 saturated heterocycles. The lowest BCUT2D eigenvalue weighted by atomic mass is 9.93. The van der Waals surface area contributed by atoms with Gasteiger partial charge in [0, 0.05) is 12.6 Å². The van der Waals surface area contributed by atoms with Crippen LogP contribution >= 0.6 is 0 Å². The second-order valence-electron chi connectivity index (χ2n) is 3.71. The van der Waals surface area contributed by atoms with E-state index >= 15 is 0 Å². The molecule has 0 heterocycles. The first-order valence-electron chi connectivity index (χ1n) is 5.54. The van der Waals surface area contributed by atoms with Crippen LogP contribution in [0.15, 0.2) is 24.3 Å². The van der Waals surface area contributed by atoms with Crippen LogP contribution in [0.2, 0.25) is 0 Å². The molecule has 0 atom stereocenters. The number of carbonyl (C=O) groups excluding carboxylic acids is 1. The molecule has 2 heteroatoms. The molecule has 0 aliphatic heterocycles. The summed E-state index contributed by atoms with van der Waals surface area (Å²) in [5.41, 5.74) is 2.06. The highest BCUT2D eigenvalue weighted by molar-refractivity contribution is 5.93. The Kier molecular flexibility index (Phi) is 4.35. The number of benzene rings is 1. The van der Waals surface area contributed by atoms with Gasteiger partial charge in [0.2, 0.25) is 0 Å². The maximum atomic E-state index is 11.3. The monoisotopic (exact) mass is 205 g/mol. The van der Waals surface area contributed by atoms with Gasteiger partial charge >= 0.3 is 0 Å². The van der Waals surface area contributed by atoms with E-state index in [0.29, 0.717) is 5.92 Å². The molecule has 1 amide bonds. The highest BCUT2D eigenvalue weighted by Crippen LogP contribution is 2.22. The van der Waals surface area contributed by atoms with Crippen molar-refractivity contribution in [1.29, 1.82) is 0 Å². The highest BCUT2D eigenvalue weighted by atomic mass is 16.1. The Morgan fingerprint density at radius 1 is 1.20 bits per heavy atom. The molecule has 0 saturated carbocycles. The number of amides is 1. The molecule has 82 valence electrons. The van der Waals surface area contributed by atoms with Crippen molar-refractivity contribution in [3.05, 3.63) is 35.4 Å². The second-order valence-corrected chi connectivity index (χ2v) is 3.71. The average molecular weight is 205 g/mol. The third kappa shape index (κ3) is 2.82. The molecule has 0 spiro atoms. The fraction of sp³-hybridized carbons (Fsp3) is 0.462. The van der Waals surface area contributed by atoms with Crippen LogP contribution in [0.5, 0.6) is 0 Å². The van der Waals surface area contributed by atoms with E-state index in [1.165, 1.54) is 5.56 Å². The van der Waals surface area contributed by atoms with Crippen molar-refractivity contribution in [1.82, 2.24) is 5.32 Å². The van der Waals surface area contributed by atoms with Crippen molar-refractivity contribution in [2.24, 2.45) is 0 Å². The zero-order valence-electron chi connectivity index (χ0n) is 9.71. The Labute approximate surface area is 91.7 Å². The lowest BCUT2D eigenvalue weighted by Crippen LogP contribution is -2.17. The van der Waals surface area contributed by atoms with Crippen molar-refractivity contribution in [2.45, 2.75) is 32.6 Å². The molecule has 0 aromatic heterocycles. The van der Waals surface area contributed by atoms with Crippen molar-refractivity contribution < 1.29 is 4.79 Å². The third-order valence-corrected chi connectivity index (χ3v) is 2.86. The summed E-state index contributed by atoms with van der Waals surface area (Å²) in [5.74, 6) is 0.592. The first kappa shape index (κ1) is 11.8. The molecular weight excluding hydrogens is 186 g/mol. The molecule has 1 rings (SSSR count). The molecule has 0 fully saturated rings. The van der Waals surface area contributed by atoms with E-state index < -0.39 is 0 Å². The molecule has 2 nitrogen and oxygen atoms in total. The van der Waals surface area contributed by atoms with Crippen LogP contribution in [0.1, 0.15) is 48.5 Å². The Morgan fingerprint density at radius 3 is 2.13 bits per heavy atom. The molecule has 0 aliphatic carbocycles. The van der Waals surface area contributed by atoms with Gasteiger partial charge in [-0.25, -0.2) is 0 Å².